The Bertz CT molecular complexity index is 212. The molecule has 74 valence electrons. The summed E-state index contributed by atoms with van der Waals surface area (Å²) in [7, 11) is 0. The van der Waals surface area contributed by atoms with Crippen LogP contribution >= 0.6 is 0 Å². The zero-order valence-corrected chi connectivity index (χ0v) is 8.55. The number of carbonyl (C=O) groups is 1. The molecule has 2 fully saturated rings. The lowest BCUT2D eigenvalue weighted by molar-refractivity contribution is -0.125. The molecular weight excluding hydrogens is 162 g/mol. The maximum atomic E-state index is 11.5. The van der Waals surface area contributed by atoms with Gasteiger partial charge in [0.05, 0.1) is 0 Å². The highest BCUT2D eigenvalue weighted by molar-refractivity contribution is 5.78. The summed E-state index contributed by atoms with van der Waals surface area (Å²) in [5.74, 6) is 2.09. The lowest BCUT2D eigenvalue weighted by atomic mass is 9.95. The van der Waals surface area contributed by atoms with Crippen molar-refractivity contribution in [2.75, 3.05) is 0 Å². The molecule has 2 nitrogen and oxygen atoms in total. The Morgan fingerprint density at radius 2 is 2.08 bits per heavy atom. The summed E-state index contributed by atoms with van der Waals surface area (Å²) in [6.07, 6.45) is 5.35. The van der Waals surface area contributed by atoms with Crippen LogP contribution in [0.25, 0.3) is 0 Å². The van der Waals surface area contributed by atoms with Gasteiger partial charge in [-0.05, 0) is 31.1 Å². The lowest BCUT2D eigenvalue weighted by Gasteiger charge is -2.23. The van der Waals surface area contributed by atoms with Crippen molar-refractivity contribution in [1.82, 2.24) is 5.32 Å². The van der Waals surface area contributed by atoms with Gasteiger partial charge in [-0.25, -0.2) is 0 Å². The fourth-order valence-corrected chi connectivity index (χ4v) is 2.77. The van der Waals surface area contributed by atoms with Crippen LogP contribution in [0.3, 0.4) is 0 Å². The molecule has 2 aliphatic rings. The normalized spacial score (nSPS) is 37.0. The minimum absolute atomic E-state index is 0.138. The fraction of sp³-hybridized carbons (Fsp3) is 0.909. The Labute approximate surface area is 80.1 Å². The van der Waals surface area contributed by atoms with E-state index in [-0.39, 0.29) is 11.8 Å². The molecule has 0 saturated heterocycles. The van der Waals surface area contributed by atoms with Gasteiger partial charge < -0.3 is 5.32 Å². The number of amides is 1. The van der Waals surface area contributed by atoms with Gasteiger partial charge in [0.2, 0.25) is 5.91 Å². The first kappa shape index (κ1) is 9.04. The van der Waals surface area contributed by atoms with Crippen LogP contribution in [0, 0.1) is 17.8 Å². The third-order valence-corrected chi connectivity index (χ3v) is 3.59. The van der Waals surface area contributed by atoms with Gasteiger partial charge in [-0.2, -0.15) is 0 Å². The van der Waals surface area contributed by atoms with E-state index in [0.29, 0.717) is 6.04 Å². The number of nitrogens with one attached hydrogen (secondary N) is 1. The first-order valence-corrected chi connectivity index (χ1v) is 5.47. The second-order valence-corrected chi connectivity index (χ2v) is 4.94. The van der Waals surface area contributed by atoms with Gasteiger partial charge in [0.25, 0.3) is 0 Å². The molecule has 13 heavy (non-hydrogen) atoms. The topological polar surface area (TPSA) is 29.1 Å². The average Bonchev–Trinajstić information content (AvgIpc) is 2.64. The molecule has 2 saturated carbocycles. The predicted molar refractivity (Wildman–Crippen MR) is 52.2 cm³/mol. The molecule has 3 atom stereocenters. The maximum Gasteiger partial charge on any atom is 0.222 e. The highest BCUT2D eigenvalue weighted by atomic mass is 16.1. The van der Waals surface area contributed by atoms with Crippen LogP contribution in [0.5, 0.6) is 0 Å². The molecule has 0 aromatic carbocycles. The van der Waals surface area contributed by atoms with Crippen LogP contribution in [0.1, 0.15) is 39.5 Å². The summed E-state index contributed by atoms with van der Waals surface area (Å²) in [6, 6.07) is 0.508. The number of fused-ring (bicyclic) bond motifs is 2. The standard InChI is InChI=1S/C11H19NO/c1-7(2)11(13)12-10-6-8-3-4-9(10)5-8/h7-10H,3-6H2,1-2H3,(H,12,13)/t8-,9-,10-/m1/s1. The SMILES string of the molecule is CC(C)C(=O)N[C@@H]1C[C@@H]2CC[C@@H]1C2. The summed E-state index contributed by atoms with van der Waals surface area (Å²) < 4.78 is 0. The monoisotopic (exact) mass is 181 g/mol. The number of rotatable bonds is 2. The molecule has 0 unspecified atom stereocenters. The van der Waals surface area contributed by atoms with E-state index in [1.165, 1.54) is 25.7 Å². The van der Waals surface area contributed by atoms with Gasteiger partial charge in [-0.3, -0.25) is 4.79 Å². The molecule has 2 rings (SSSR count). The van der Waals surface area contributed by atoms with E-state index in [1.54, 1.807) is 0 Å². The molecule has 0 heterocycles. The van der Waals surface area contributed by atoms with E-state index in [2.05, 4.69) is 5.32 Å². The number of carbonyl (C=O) groups excluding carboxylic acids is 1. The third-order valence-electron chi connectivity index (χ3n) is 3.59. The molecule has 1 N–H and O–H groups in total. The van der Waals surface area contributed by atoms with Crippen molar-refractivity contribution in [3.05, 3.63) is 0 Å². The summed E-state index contributed by atoms with van der Waals surface area (Å²) in [5, 5.41) is 3.17. The van der Waals surface area contributed by atoms with E-state index >= 15 is 0 Å². The van der Waals surface area contributed by atoms with Gasteiger partial charge in [-0.15, -0.1) is 0 Å². The van der Waals surface area contributed by atoms with E-state index in [0.717, 1.165) is 11.8 Å². The van der Waals surface area contributed by atoms with Gasteiger partial charge in [0.1, 0.15) is 0 Å². The van der Waals surface area contributed by atoms with Gasteiger partial charge >= 0.3 is 0 Å². The minimum atomic E-state index is 0.138. The van der Waals surface area contributed by atoms with Crippen molar-refractivity contribution in [2.24, 2.45) is 17.8 Å². The molecule has 2 heteroatoms. The first-order valence-electron chi connectivity index (χ1n) is 5.47. The Morgan fingerprint density at radius 1 is 1.31 bits per heavy atom. The Hall–Kier alpha value is -0.530. The Balaban J connectivity index is 1.86. The van der Waals surface area contributed by atoms with Gasteiger partial charge in [0, 0.05) is 12.0 Å². The van der Waals surface area contributed by atoms with Crippen molar-refractivity contribution in [1.29, 1.82) is 0 Å². The molecular formula is C11H19NO. The molecule has 0 spiro atoms. The largest absolute Gasteiger partial charge is 0.353 e. The lowest BCUT2D eigenvalue weighted by Crippen LogP contribution is -2.40. The molecule has 2 bridgehead atoms. The average molecular weight is 181 g/mol. The van der Waals surface area contributed by atoms with Crippen LogP contribution in [0.2, 0.25) is 0 Å². The van der Waals surface area contributed by atoms with Gasteiger partial charge in [-0.1, -0.05) is 20.3 Å². The van der Waals surface area contributed by atoms with Crippen molar-refractivity contribution in [3.63, 3.8) is 0 Å². The smallest absolute Gasteiger partial charge is 0.222 e. The molecule has 0 radical (unpaired) electrons. The third kappa shape index (κ3) is 1.72. The van der Waals surface area contributed by atoms with E-state index < -0.39 is 0 Å². The fourth-order valence-electron chi connectivity index (χ4n) is 2.77. The number of hydrogen-bond acceptors (Lipinski definition) is 1. The molecule has 2 aliphatic carbocycles. The summed E-state index contributed by atoms with van der Waals surface area (Å²) in [4.78, 5) is 11.5. The van der Waals surface area contributed by atoms with Crippen molar-refractivity contribution >= 4 is 5.91 Å². The van der Waals surface area contributed by atoms with Crippen LogP contribution in [-0.2, 0) is 4.79 Å². The van der Waals surface area contributed by atoms with Gasteiger partial charge in [0.15, 0.2) is 0 Å². The van der Waals surface area contributed by atoms with Crippen molar-refractivity contribution in [3.8, 4) is 0 Å². The zero-order valence-electron chi connectivity index (χ0n) is 8.55. The van der Waals surface area contributed by atoms with E-state index in [1.807, 2.05) is 13.8 Å². The quantitative estimate of drug-likeness (QED) is 0.693. The summed E-state index contributed by atoms with van der Waals surface area (Å²) >= 11 is 0. The van der Waals surface area contributed by atoms with Crippen LogP contribution in [0.4, 0.5) is 0 Å². The minimum Gasteiger partial charge on any atom is -0.353 e. The highest BCUT2D eigenvalue weighted by Gasteiger charge is 2.40. The number of hydrogen-bond donors (Lipinski definition) is 1. The molecule has 0 aliphatic heterocycles. The van der Waals surface area contributed by atoms with E-state index in [4.69, 9.17) is 0 Å². The second kappa shape index (κ2) is 3.32. The maximum absolute atomic E-state index is 11.5. The van der Waals surface area contributed by atoms with Crippen LogP contribution in [0.15, 0.2) is 0 Å². The molecule has 0 aromatic rings. The van der Waals surface area contributed by atoms with E-state index in [9.17, 15) is 4.79 Å². The van der Waals surface area contributed by atoms with Crippen LogP contribution < -0.4 is 5.32 Å². The van der Waals surface area contributed by atoms with Crippen molar-refractivity contribution < 1.29 is 4.79 Å². The molecule has 0 aromatic heterocycles. The predicted octanol–water partition coefficient (Wildman–Crippen LogP) is 1.95. The summed E-state index contributed by atoms with van der Waals surface area (Å²) in [6.45, 7) is 3.92. The molecule has 1 amide bonds. The first-order chi connectivity index (χ1) is 6.16. The highest BCUT2D eigenvalue weighted by Crippen LogP contribution is 2.44. The summed E-state index contributed by atoms with van der Waals surface area (Å²) in [5.41, 5.74) is 0. The Morgan fingerprint density at radius 3 is 2.54 bits per heavy atom. The second-order valence-electron chi connectivity index (χ2n) is 4.94. The zero-order chi connectivity index (χ0) is 9.42. The van der Waals surface area contributed by atoms with Crippen molar-refractivity contribution in [2.45, 2.75) is 45.6 Å². The Kier molecular flexibility index (Phi) is 2.31. The van der Waals surface area contributed by atoms with Crippen LogP contribution in [-0.4, -0.2) is 11.9 Å².